The van der Waals surface area contributed by atoms with Crippen LogP contribution in [0.1, 0.15) is 12.1 Å². The summed E-state index contributed by atoms with van der Waals surface area (Å²) in [6.07, 6.45) is -3.77. The van der Waals surface area contributed by atoms with E-state index >= 15 is 0 Å². The second kappa shape index (κ2) is 3.92. The molecule has 1 fully saturated rings. The molecule has 1 aromatic heterocycles. The van der Waals surface area contributed by atoms with Gasteiger partial charge >= 0.3 is 6.18 Å². The quantitative estimate of drug-likeness (QED) is 0.694. The lowest BCUT2D eigenvalue weighted by Crippen LogP contribution is -2.20. The van der Waals surface area contributed by atoms with E-state index in [0.717, 1.165) is 12.3 Å². The molecule has 0 spiro atoms. The predicted octanol–water partition coefficient (Wildman–Crippen LogP) is 2.65. The number of hydrogen-bond acceptors (Lipinski definition) is 2. The van der Waals surface area contributed by atoms with Gasteiger partial charge in [-0.2, -0.15) is 13.2 Å². The molecule has 0 radical (unpaired) electrons. The summed E-state index contributed by atoms with van der Waals surface area (Å²) in [6, 6.07) is 2.24. The molecular weight excluding hydrogens is 224 g/mol. The molecule has 0 N–H and O–H groups in total. The van der Waals surface area contributed by atoms with Crippen molar-refractivity contribution in [1.29, 1.82) is 0 Å². The van der Waals surface area contributed by atoms with Gasteiger partial charge in [0.2, 0.25) is 0 Å². The number of anilines is 1. The highest BCUT2D eigenvalue weighted by Crippen LogP contribution is 2.29. The molecule has 16 heavy (non-hydrogen) atoms. The summed E-state index contributed by atoms with van der Waals surface area (Å²) in [5, 5.41) is 0. The van der Waals surface area contributed by atoms with Gasteiger partial charge in [0.15, 0.2) is 0 Å². The summed E-state index contributed by atoms with van der Waals surface area (Å²) in [5.41, 5.74) is -0.389. The summed E-state index contributed by atoms with van der Waals surface area (Å²) in [7, 11) is 0. The van der Waals surface area contributed by atoms with Crippen LogP contribution in [-0.4, -0.2) is 24.2 Å². The van der Waals surface area contributed by atoms with Crippen LogP contribution in [0.25, 0.3) is 0 Å². The minimum atomic E-state index is -4.42. The molecule has 1 saturated heterocycles. The zero-order chi connectivity index (χ0) is 11.8. The highest BCUT2D eigenvalue weighted by molar-refractivity contribution is 5.46. The van der Waals surface area contributed by atoms with Crippen molar-refractivity contribution in [2.24, 2.45) is 0 Å². The molecule has 88 valence electrons. The van der Waals surface area contributed by atoms with Crippen LogP contribution in [-0.2, 0) is 6.18 Å². The van der Waals surface area contributed by atoms with Gasteiger partial charge in [0.1, 0.15) is 11.9 Å². The number of alkyl halides is 4. The standard InChI is InChI=1S/C10H10F4N2/c11-7-3-4-16(6-7)8-1-2-9(15-5-8)10(12,13)14/h1-2,5,7H,3-4,6H2. The lowest BCUT2D eigenvalue weighted by atomic mass is 10.3. The third-order valence-electron chi connectivity index (χ3n) is 2.53. The van der Waals surface area contributed by atoms with Gasteiger partial charge in [0.25, 0.3) is 0 Å². The Hall–Kier alpha value is -1.33. The van der Waals surface area contributed by atoms with Gasteiger partial charge in [0.05, 0.1) is 11.9 Å². The first kappa shape index (κ1) is 11.2. The van der Waals surface area contributed by atoms with Gasteiger partial charge in [-0.15, -0.1) is 0 Å². The minimum absolute atomic E-state index is 0.229. The van der Waals surface area contributed by atoms with E-state index in [0.29, 0.717) is 18.7 Å². The summed E-state index contributed by atoms with van der Waals surface area (Å²) in [6.45, 7) is 0.751. The molecule has 0 saturated carbocycles. The van der Waals surface area contributed by atoms with Crippen LogP contribution in [0.3, 0.4) is 0 Å². The van der Waals surface area contributed by atoms with E-state index in [1.165, 1.54) is 6.07 Å². The van der Waals surface area contributed by atoms with Crippen molar-refractivity contribution in [2.75, 3.05) is 18.0 Å². The fourth-order valence-corrected chi connectivity index (χ4v) is 1.69. The zero-order valence-corrected chi connectivity index (χ0v) is 8.34. The second-order valence-corrected chi connectivity index (χ2v) is 3.73. The number of halogens is 4. The molecule has 1 aliphatic rings. The highest BCUT2D eigenvalue weighted by Gasteiger charge is 2.32. The van der Waals surface area contributed by atoms with E-state index in [9.17, 15) is 17.6 Å². The first-order chi connectivity index (χ1) is 7.47. The number of rotatable bonds is 1. The average Bonchev–Trinajstić information content (AvgIpc) is 2.64. The Bertz CT molecular complexity index is 360. The predicted molar refractivity (Wildman–Crippen MR) is 51.0 cm³/mol. The Morgan fingerprint density at radius 3 is 2.50 bits per heavy atom. The first-order valence-electron chi connectivity index (χ1n) is 4.89. The molecule has 1 atom stereocenters. The van der Waals surface area contributed by atoms with Crippen molar-refractivity contribution in [3.05, 3.63) is 24.0 Å². The Labute approximate surface area is 89.9 Å². The van der Waals surface area contributed by atoms with Crippen molar-refractivity contribution < 1.29 is 17.6 Å². The average molecular weight is 234 g/mol. The van der Waals surface area contributed by atoms with Crippen molar-refractivity contribution in [3.8, 4) is 0 Å². The number of nitrogens with zero attached hydrogens (tertiary/aromatic N) is 2. The normalized spacial score (nSPS) is 21.5. The summed E-state index contributed by atoms with van der Waals surface area (Å²) < 4.78 is 49.6. The smallest absolute Gasteiger partial charge is 0.367 e. The van der Waals surface area contributed by atoms with E-state index in [4.69, 9.17) is 0 Å². The lowest BCUT2D eigenvalue weighted by molar-refractivity contribution is -0.141. The molecule has 0 bridgehead atoms. The SMILES string of the molecule is FC1CCN(c2ccc(C(F)(F)F)nc2)C1. The second-order valence-electron chi connectivity index (χ2n) is 3.73. The Morgan fingerprint density at radius 2 is 2.06 bits per heavy atom. The van der Waals surface area contributed by atoms with Gasteiger partial charge in [-0.05, 0) is 18.6 Å². The third-order valence-corrected chi connectivity index (χ3v) is 2.53. The molecule has 2 heterocycles. The summed E-state index contributed by atoms with van der Waals surface area (Å²) in [4.78, 5) is 5.02. The largest absolute Gasteiger partial charge is 0.433 e. The monoisotopic (exact) mass is 234 g/mol. The summed E-state index contributed by atoms with van der Waals surface area (Å²) in [5.74, 6) is 0. The molecule has 0 aromatic carbocycles. The molecule has 1 unspecified atom stereocenters. The van der Waals surface area contributed by atoms with Crippen LogP contribution < -0.4 is 4.90 Å². The summed E-state index contributed by atoms with van der Waals surface area (Å²) >= 11 is 0. The van der Waals surface area contributed by atoms with Gasteiger partial charge < -0.3 is 4.90 Å². The third kappa shape index (κ3) is 2.25. The van der Waals surface area contributed by atoms with Gasteiger partial charge in [-0.3, -0.25) is 0 Å². The van der Waals surface area contributed by atoms with Crippen LogP contribution >= 0.6 is 0 Å². The molecular formula is C10H10F4N2. The molecule has 0 aliphatic carbocycles. The van der Waals surface area contributed by atoms with Crippen molar-refractivity contribution in [3.63, 3.8) is 0 Å². The fourth-order valence-electron chi connectivity index (χ4n) is 1.69. The first-order valence-corrected chi connectivity index (χ1v) is 4.89. The molecule has 6 heteroatoms. The Morgan fingerprint density at radius 1 is 1.31 bits per heavy atom. The topological polar surface area (TPSA) is 16.1 Å². The number of hydrogen-bond donors (Lipinski definition) is 0. The van der Waals surface area contributed by atoms with Crippen LogP contribution in [0.15, 0.2) is 18.3 Å². The lowest BCUT2D eigenvalue weighted by Gasteiger charge is -2.17. The van der Waals surface area contributed by atoms with E-state index in [2.05, 4.69) is 4.98 Å². The molecule has 2 rings (SSSR count). The van der Waals surface area contributed by atoms with E-state index < -0.39 is 18.0 Å². The van der Waals surface area contributed by atoms with Crippen molar-refractivity contribution in [2.45, 2.75) is 18.8 Å². The maximum atomic E-state index is 12.9. The van der Waals surface area contributed by atoms with Gasteiger partial charge in [-0.1, -0.05) is 0 Å². The van der Waals surface area contributed by atoms with Gasteiger partial charge in [-0.25, -0.2) is 9.37 Å². The van der Waals surface area contributed by atoms with Crippen LogP contribution in [0.2, 0.25) is 0 Å². The zero-order valence-electron chi connectivity index (χ0n) is 8.34. The van der Waals surface area contributed by atoms with E-state index in [1.54, 1.807) is 4.90 Å². The maximum absolute atomic E-state index is 12.9. The van der Waals surface area contributed by atoms with Crippen LogP contribution in [0, 0.1) is 0 Å². The molecule has 0 amide bonds. The molecule has 1 aliphatic heterocycles. The van der Waals surface area contributed by atoms with Crippen molar-refractivity contribution in [1.82, 2.24) is 4.98 Å². The molecule has 2 nitrogen and oxygen atoms in total. The Kier molecular flexibility index (Phi) is 2.73. The highest BCUT2D eigenvalue weighted by atomic mass is 19.4. The van der Waals surface area contributed by atoms with E-state index in [-0.39, 0.29) is 6.54 Å². The van der Waals surface area contributed by atoms with Crippen LogP contribution in [0.5, 0.6) is 0 Å². The minimum Gasteiger partial charge on any atom is -0.367 e. The number of aromatic nitrogens is 1. The number of pyridine rings is 1. The molecule has 1 aromatic rings. The fraction of sp³-hybridized carbons (Fsp3) is 0.500. The Balaban J connectivity index is 2.14. The van der Waals surface area contributed by atoms with Gasteiger partial charge in [0, 0.05) is 13.1 Å². The van der Waals surface area contributed by atoms with E-state index in [1.807, 2.05) is 0 Å². The van der Waals surface area contributed by atoms with Crippen LogP contribution in [0.4, 0.5) is 23.2 Å². The maximum Gasteiger partial charge on any atom is 0.433 e. The van der Waals surface area contributed by atoms with Crippen molar-refractivity contribution >= 4 is 5.69 Å².